The van der Waals surface area contributed by atoms with Gasteiger partial charge in [-0.1, -0.05) is 6.07 Å². The maximum atomic E-state index is 5.46. The molecule has 2 aliphatic rings. The molecule has 1 fully saturated rings. The molecule has 0 aliphatic carbocycles. The third-order valence-electron chi connectivity index (χ3n) is 4.26. The summed E-state index contributed by atoms with van der Waals surface area (Å²) in [6.07, 6.45) is 2.64. The van der Waals surface area contributed by atoms with Crippen molar-refractivity contribution in [1.82, 2.24) is 10.2 Å². The lowest BCUT2D eigenvalue weighted by molar-refractivity contribution is 0.174. The fraction of sp³-hybridized carbons (Fsp3) is 0.600. The number of fused-ring (bicyclic) bond motifs is 1. The zero-order valence-corrected chi connectivity index (χ0v) is 11.7. The van der Waals surface area contributed by atoms with Gasteiger partial charge in [0.25, 0.3) is 0 Å². The Labute approximate surface area is 114 Å². The molecule has 0 aromatic heterocycles. The van der Waals surface area contributed by atoms with Crippen molar-refractivity contribution in [2.75, 3.05) is 26.9 Å². The van der Waals surface area contributed by atoms with Gasteiger partial charge in [0, 0.05) is 18.6 Å². The summed E-state index contributed by atoms with van der Waals surface area (Å²) in [5.41, 5.74) is 1.27. The molecule has 0 radical (unpaired) electrons. The van der Waals surface area contributed by atoms with Crippen LogP contribution in [0.25, 0.3) is 0 Å². The van der Waals surface area contributed by atoms with E-state index in [1.807, 2.05) is 13.1 Å². The van der Waals surface area contributed by atoms with E-state index in [0.717, 1.165) is 18.0 Å². The normalized spacial score (nSPS) is 23.8. The van der Waals surface area contributed by atoms with Crippen LogP contribution in [0, 0.1) is 0 Å². The molecular weight excluding hydrogens is 240 g/mol. The summed E-state index contributed by atoms with van der Waals surface area (Å²) in [6.45, 7) is 4.92. The second-order valence-corrected chi connectivity index (χ2v) is 5.44. The summed E-state index contributed by atoms with van der Waals surface area (Å²) >= 11 is 0. The fourth-order valence-corrected chi connectivity index (χ4v) is 2.99. The van der Waals surface area contributed by atoms with Crippen LogP contribution in [0.4, 0.5) is 0 Å². The Balaban J connectivity index is 1.74. The van der Waals surface area contributed by atoms with Crippen LogP contribution < -0.4 is 14.8 Å². The highest BCUT2D eigenvalue weighted by molar-refractivity contribution is 5.45. The molecule has 1 N–H and O–H groups in total. The standard InChI is InChI=1S/C15H22N2O2/c1-11-4-3-7-17(11)9-13(16-2)12-5-6-14-15(8-12)19-10-18-14/h5-6,8,11,13,16H,3-4,7,9-10H2,1-2H3. The first-order chi connectivity index (χ1) is 9.28. The van der Waals surface area contributed by atoms with Gasteiger partial charge < -0.3 is 14.8 Å². The summed E-state index contributed by atoms with van der Waals surface area (Å²) in [5.74, 6) is 1.72. The van der Waals surface area contributed by atoms with Gasteiger partial charge in [-0.25, -0.2) is 0 Å². The van der Waals surface area contributed by atoms with Crippen LogP contribution in [0.15, 0.2) is 18.2 Å². The Morgan fingerprint density at radius 1 is 1.37 bits per heavy atom. The number of rotatable bonds is 4. The summed E-state index contributed by atoms with van der Waals surface area (Å²) in [7, 11) is 2.02. The molecule has 0 bridgehead atoms. The molecule has 19 heavy (non-hydrogen) atoms. The Bertz CT molecular complexity index is 450. The first-order valence-electron chi connectivity index (χ1n) is 7.09. The second kappa shape index (κ2) is 5.39. The highest BCUT2D eigenvalue weighted by Gasteiger charge is 2.24. The molecule has 1 aromatic carbocycles. The number of hydrogen-bond donors (Lipinski definition) is 1. The lowest BCUT2D eigenvalue weighted by Gasteiger charge is -2.27. The lowest BCUT2D eigenvalue weighted by Crippen LogP contribution is -2.35. The first-order valence-corrected chi connectivity index (χ1v) is 7.09. The minimum absolute atomic E-state index is 0.339. The van der Waals surface area contributed by atoms with E-state index in [0.29, 0.717) is 18.9 Å². The van der Waals surface area contributed by atoms with E-state index in [1.54, 1.807) is 0 Å². The van der Waals surface area contributed by atoms with Crippen LogP contribution in [-0.2, 0) is 0 Å². The van der Waals surface area contributed by atoms with E-state index >= 15 is 0 Å². The minimum Gasteiger partial charge on any atom is -0.454 e. The molecule has 2 heterocycles. The van der Waals surface area contributed by atoms with Crippen LogP contribution in [0.1, 0.15) is 31.4 Å². The van der Waals surface area contributed by atoms with E-state index in [-0.39, 0.29) is 0 Å². The molecule has 2 atom stereocenters. The number of ether oxygens (including phenoxy) is 2. The van der Waals surface area contributed by atoms with Crippen molar-refractivity contribution < 1.29 is 9.47 Å². The molecule has 0 spiro atoms. The van der Waals surface area contributed by atoms with Gasteiger partial charge in [0.2, 0.25) is 6.79 Å². The summed E-state index contributed by atoms with van der Waals surface area (Å²) in [6, 6.07) is 7.29. The SMILES string of the molecule is CNC(CN1CCCC1C)c1ccc2c(c1)OCO2. The number of nitrogens with zero attached hydrogens (tertiary/aromatic N) is 1. The predicted molar refractivity (Wildman–Crippen MR) is 74.6 cm³/mol. The highest BCUT2D eigenvalue weighted by atomic mass is 16.7. The molecule has 104 valence electrons. The monoisotopic (exact) mass is 262 g/mol. The van der Waals surface area contributed by atoms with Crippen molar-refractivity contribution in [1.29, 1.82) is 0 Å². The first kappa shape index (κ1) is 12.8. The molecule has 2 unspecified atom stereocenters. The smallest absolute Gasteiger partial charge is 0.231 e. The number of nitrogens with one attached hydrogen (secondary N) is 1. The topological polar surface area (TPSA) is 33.7 Å². The Morgan fingerprint density at radius 3 is 2.95 bits per heavy atom. The minimum atomic E-state index is 0.339. The number of hydrogen-bond acceptors (Lipinski definition) is 4. The molecule has 1 aromatic rings. The molecule has 0 saturated carbocycles. The Hall–Kier alpha value is -1.26. The lowest BCUT2D eigenvalue weighted by atomic mass is 10.1. The van der Waals surface area contributed by atoms with Crippen LogP contribution in [0.2, 0.25) is 0 Å². The molecule has 1 saturated heterocycles. The third-order valence-corrected chi connectivity index (χ3v) is 4.26. The van der Waals surface area contributed by atoms with E-state index in [2.05, 4.69) is 29.3 Å². The molecule has 3 rings (SSSR count). The van der Waals surface area contributed by atoms with E-state index < -0.39 is 0 Å². The average Bonchev–Trinajstić information content (AvgIpc) is 3.04. The van der Waals surface area contributed by atoms with E-state index in [4.69, 9.17) is 9.47 Å². The highest BCUT2D eigenvalue weighted by Crippen LogP contribution is 2.34. The maximum absolute atomic E-state index is 5.46. The summed E-state index contributed by atoms with van der Waals surface area (Å²) in [4.78, 5) is 2.56. The van der Waals surface area contributed by atoms with Gasteiger partial charge in [0.15, 0.2) is 11.5 Å². The zero-order valence-electron chi connectivity index (χ0n) is 11.7. The van der Waals surface area contributed by atoms with Crippen LogP contribution in [0.5, 0.6) is 11.5 Å². The van der Waals surface area contributed by atoms with E-state index in [1.165, 1.54) is 24.9 Å². The van der Waals surface area contributed by atoms with E-state index in [9.17, 15) is 0 Å². The molecule has 2 aliphatic heterocycles. The van der Waals surface area contributed by atoms with Gasteiger partial charge in [-0.3, -0.25) is 4.90 Å². The quantitative estimate of drug-likeness (QED) is 0.901. The molecule has 4 heteroatoms. The Kier molecular flexibility index (Phi) is 3.62. The van der Waals surface area contributed by atoms with Gasteiger partial charge in [0.05, 0.1) is 0 Å². The second-order valence-electron chi connectivity index (χ2n) is 5.44. The summed E-state index contributed by atoms with van der Waals surface area (Å²) < 4.78 is 10.8. The third kappa shape index (κ3) is 2.55. The van der Waals surface area contributed by atoms with Crippen molar-refractivity contribution in [2.24, 2.45) is 0 Å². The Morgan fingerprint density at radius 2 is 2.21 bits per heavy atom. The van der Waals surface area contributed by atoms with Crippen LogP contribution in [-0.4, -0.2) is 37.9 Å². The van der Waals surface area contributed by atoms with Crippen molar-refractivity contribution in [3.8, 4) is 11.5 Å². The van der Waals surface area contributed by atoms with Crippen LogP contribution >= 0.6 is 0 Å². The van der Waals surface area contributed by atoms with Crippen molar-refractivity contribution in [3.63, 3.8) is 0 Å². The largest absolute Gasteiger partial charge is 0.454 e. The molecular formula is C15H22N2O2. The fourth-order valence-electron chi connectivity index (χ4n) is 2.99. The van der Waals surface area contributed by atoms with Gasteiger partial charge in [-0.15, -0.1) is 0 Å². The average molecular weight is 262 g/mol. The van der Waals surface area contributed by atoms with Crippen molar-refractivity contribution in [3.05, 3.63) is 23.8 Å². The van der Waals surface area contributed by atoms with Gasteiger partial charge in [-0.2, -0.15) is 0 Å². The predicted octanol–water partition coefficient (Wildman–Crippen LogP) is 2.16. The van der Waals surface area contributed by atoms with Crippen molar-refractivity contribution in [2.45, 2.75) is 31.8 Å². The maximum Gasteiger partial charge on any atom is 0.231 e. The van der Waals surface area contributed by atoms with Crippen molar-refractivity contribution >= 4 is 0 Å². The van der Waals surface area contributed by atoms with Gasteiger partial charge in [0.1, 0.15) is 0 Å². The number of likely N-dealkylation sites (N-methyl/N-ethyl adjacent to an activating group) is 1. The summed E-state index contributed by atoms with van der Waals surface area (Å²) in [5, 5.41) is 3.42. The van der Waals surface area contributed by atoms with Gasteiger partial charge in [-0.05, 0) is 51.1 Å². The van der Waals surface area contributed by atoms with Gasteiger partial charge >= 0.3 is 0 Å². The number of likely N-dealkylation sites (tertiary alicyclic amines) is 1. The number of benzene rings is 1. The zero-order chi connectivity index (χ0) is 13.2. The molecule has 0 amide bonds. The van der Waals surface area contributed by atoms with Crippen LogP contribution in [0.3, 0.4) is 0 Å². The molecule has 4 nitrogen and oxygen atoms in total.